The van der Waals surface area contributed by atoms with Crippen LogP contribution in [0.2, 0.25) is 0 Å². The minimum Gasteiger partial charge on any atom is -0.346 e. The molecule has 0 saturated carbocycles. The van der Waals surface area contributed by atoms with Crippen LogP contribution in [0.25, 0.3) is 10.8 Å². The molecule has 0 spiro atoms. The van der Waals surface area contributed by atoms with Gasteiger partial charge < -0.3 is 10.6 Å². The molecule has 2 saturated heterocycles. The third-order valence-electron chi connectivity index (χ3n) is 6.55. The zero-order chi connectivity index (χ0) is 23.2. The van der Waals surface area contributed by atoms with Gasteiger partial charge in [0, 0.05) is 43.9 Å². The summed E-state index contributed by atoms with van der Waals surface area (Å²) in [5.41, 5.74) is 1.36. The fourth-order valence-electron chi connectivity index (χ4n) is 4.72. The average molecular weight is 466 g/mol. The van der Waals surface area contributed by atoms with Gasteiger partial charge in [0.05, 0.1) is 13.1 Å². The molecule has 2 atom stereocenters. The Balaban J connectivity index is 1.33. The lowest BCUT2D eigenvalue weighted by molar-refractivity contribution is -0.128. The smallest absolute Gasteiger partial charge is 0.240 e. The number of nitrogens with one attached hydrogen (secondary N) is 3. The second-order valence-electron chi connectivity index (χ2n) is 8.53. The molecule has 4 rings (SSSR count). The summed E-state index contributed by atoms with van der Waals surface area (Å²) >= 11 is 1.52. The van der Waals surface area contributed by atoms with Crippen LogP contribution in [0.15, 0.2) is 42.5 Å². The van der Waals surface area contributed by atoms with Crippen molar-refractivity contribution in [2.24, 2.45) is 0 Å². The number of fused-ring (bicyclic) bond motifs is 1. The first kappa shape index (κ1) is 23.6. The largest absolute Gasteiger partial charge is 0.346 e. The van der Waals surface area contributed by atoms with Crippen molar-refractivity contribution in [3.05, 3.63) is 48.0 Å². The Hall–Kier alpha value is -2.57. The topological polar surface area (TPSA) is 76.7 Å². The van der Waals surface area contributed by atoms with Crippen molar-refractivity contribution in [2.45, 2.75) is 37.9 Å². The van der Waals surface area contributed by atoms with Gasteiger partial charge in [-0.3, -0.25) is 14.5 Å². The van der Waals surface area contributed by atoms with Crippen molar-refractivity contribution in [3.8, 4) is 12.3 Å². The number of benzene rings is 2. The van der Waals surface area contributed by atoms with Gasteiger partial charge in [-0.15, -0.1) is 6.42 Å². The second-order valence-corrected chi connectivity index (χ2v) is 9.42. The first-order chi connectivity index (χ1) is 16.1. The molecule has 2 aromatic carbocycles. The fourth-order valence-corrected chi connectivity index (χ4v) is 5.76. The summed E-state index contributed by atoms with van der Waals surface area (Å²) in [4.78, 5) is 27.0. The van der Waals surface area contributed by atoms with E-state index in [0.29, 0.717) is 18.6 Å². The number of piperidine rings is 1. The molecule has 33 heavy (non-hydrogen) atoms. The van der Waals surface area contributed by atoms with Crippen LogP contribution < -0.4 is 15.4 Å². The summed E-state index contributed by atoms with van der Waals surface area (Å²) in [5, 5.41) is 7.90. The molecule has 8 heteroatoms. The molecule has 174 valence electrons. The Morgan fingerprint density at radius 2 is 1.94 bits per heavy atom. The van der Waals surface area contributed by atoms with Gasteiger partial charge in [0.25, 0.3) is 0 Å². The van der Waals surface area contributed by atoms with Gasteiger partial charge in [-0.25, -0.2) is 9.03 Å². The zero-order valence-electron chi connectivity index (χ0n) is 18.9. The third kappa shape index (κ3) is 5.50. The normalized spacial score (nSPS) is 20.9. The van der Waals surface area contributed by atoms with Gasteiger partial charge in [0.15, 0.2) is 0 Å². The van der Waals surface area contributed by atoms with Gasteiger partial charge in [-0.05, 0) is 36.1 Å². The standard InChI is InChI=1S/C25H31N5O2S/c1-3-13-26-24(31)17-27-25(32)23-16-28-33-30(23)20-11-14-29(15-12-20)18(2)21-10-6-8-19-7-4-5-9-22(19)21/h1,4-10,18,20,23,28H,11-17H2,2H3,(H,26,31)(H,27,32)/t18-,23+/m1/s1. The molecular weight excluding hydrogens is 434 g/mol. The molecule has 2 heterocycles. The summed E-state index contributed by atoms with van der Waals surface area (Å²) in [7, 11) is 0. The highest BCUT2D eigenvalue weighted by atomic mass is 32.2. The van der Waals surface area contributed by atoms with E-state index in [2.05, 4.69) is 79.9 Å². The first-order valence-corrected chi connectivity index (χ1v) is 12.2. The maximum atomic E-state index is 12.7. The van der Waals surface area contributed by atoms with E-state index in [1.165, 1.54) is 28.5 Å². The lowest BCUT2D eigenvalue weighted by atomic mass is 9.96. The van der Waals surface area contributed by atoms with Gasteiger partial charge in [0.1, 0.15) is 6.04 Å². The van der Waals surface area contributed by atoms with Crippen LogP contribution in [0.5, 0.6) is 0 Å². The number of hydrogen-bond acceptors (Lipinski definition) is 6. The highest BCUT2D eigenvalue weighted by Crippen LogP contribution is 2.33. The SMILES string of the molecule is C#CCNC(=O)CNC(=O)[C@@H]1CNSN1C1CCN([C@H](C)c2cccc3ccccc23)CC1. The first-order valence-electron chi connectivity index (χ1n) is 11.5. The molecule has 0 radical (unpaired) electrons. The van der Waals surface area contributed by atoms with Gasteiger partial charge in [-0.2, -0.15) is 0 Å². The Morgan fingerprint density at radius 3 is 2.73 bits per heavy atom. The van der Waals surface area contributed by atoms with E-state index in [0.717, 1.165) is 25.9 Å². The highest BCUT2D eigenvalue weighted by molar-refractivity contribution is 7.95. The predicted molar refractivity (Wildman–Crippen MR) is 133 cm³/mol. The minimum absolute atomic E-state index is 0.0590. The van der Waals surface area contributed by atoms with Crippen molar-refractivity contribution in [2.75, 3.05) is 32.7 Å². The number of likely N-dealkylation sites (tertiary alicyclic amines) is 1. The van der Waals surface area contributed by atoms with Crippen LogP contribution >= 0.6 is 12.1 Å². The Morgan fingerprint density at radius 1 is 1.18 bits per heavy atom. The van der Waals surface area contributed by atoms with Crippen LogP contribution in [-0.4, -0.2) is 65.8 Å². The van der Waals surface area contributed by atoms with E-state index in [9.17, 15) is 9.59 Å². The quantitative estimate of drug-likeness (QED) is 0.429. The lowest BCUT2D eigenvalue weighted by Gasteiger charge is -2.40. The number of hydrogen-bond donors (Lipinski definition) is 3. The second kappa shape index (κ2) is 11.0. The molecule has 2 amide bonds. The molecule has 2 aliphatic rings. The molecule has 0 aromatic heterocycles. The summed E-state index contributed by atoms with van der Waals surface area (Å²) < 4.78 is 5.42. The average Bonchev–Trinajstić information content (AvgIpc) is 3.35. The van der Waals surface area contributed by atoms with Crippen molar-refractivity contribution in [1.82, 2.24) is 24.6 Å². The van der Waals surface area contributed by atoms with E-state index < -0.39 is 0 Å². The molecule has 2 aromatic rings. The molecule has 0 bridgehead atoms. The van der Waals surface area contributed by atoms with Crippen LogP contribution in [0, 0.1) is 12.3 Å². The lowest BCUT2D eigenvalue weighted by Crippen LogP contribution is -2.51. The molecule has 2 aliphatic heterocycles. The Kier molecular flexibility index (Phi) is 7.89. The number of nitrogens with zero attached hydrogens (tertiary/aromatic N) is 2. The summed E-state index contributed by atoms with van der Waals surface area (Å²) in [6, 6.07) is 15.5. The van der Waals surface area contributed by atoms with E-state index in [4.69, 9.17) is 6.42 Å². The van der Waals surface area contributed by atoms with Crippen LogP contribution in [0.4, 0.5) is 0 Å². The van der Waals surface area contributed by atoms with Gasteiger partial charge in [-0.1, -0.05) is 48.4 Å². The number of carbonyl (C=O) groups is 2. The maximum absolute atomic E-state index is 12.7. The van der Waals surface area contributed by atoms with Crippen LogP contribution in [-0.2, 0) is 9.59 Å². The predicted octanol–water partition coefficient (Wildman–Crippen LogP) is 2.07. The van der Waals surface area contributed by atoms with E-state index in [-0.39, 0.29) is 30.9 Å². The monoisotopic (exact) mass is 465 g/mol. The van der Waals surface area contributed by atoms with Gasteiger partial charge in [0.2, 0.25) is 11.8 Å². The van der Waals surface area contributed by atoms with E-state index >= 15 is 0 Å². The number of carbonyl (C=O) groups excluding carboxylic acids is 2. The molecular formula is C25H31N5O2S. The minimum atomic E-state index is -0.289. The number of rotatable bonds is 7. The fraction of sp³-hybridized carbons (Fsp3) is 0.440. The summed E-state index contributed by atoms with van der Waals surface area (Å²) in [5.74, 6) is 1.95. The summed E-state index contributed by atoms with van der Waals surface area (Å²) in [6.45, 7) is 4.92. The van der Waals surface area contributed by atoms with Crippen molar-refractivity contribution < 1.29 is 9.59 Å². The number of amides is 2. The van der Waals surface area contributed by atoms with Crippen LogP contribution in [0.3, 0.4) is 0 Å². The van der Waals surface area contributed by atoms with Crippen molar-refractivity contribution in [3.63, 3.8) is 0 Å². The molecule has 0 unspecified atom stereocenters. The van der Waals surface area contributed by atoms with Crippen molar-refractivity contribution in [1.29, 1.82) is 0 Å². The van der Waals surface area contributed by atoms with Crippen molar-refractivity contribution >= 4 is 34.7 Å². The highest BCUT2D eigenvalue weighted by Gasteiger charge is 2.38. The maximum Gasteiger partial charge on any atom is 0.240 e. The zero-order valence-corrected chi connectivity index (χ0v) is 19.7. The molecule has 3 N–H and O–H groups in total. The Labute approximate surface area is 199 Å². The Bertz CT molecular complexity index is 1030. The molecule has 7 nitrogen and oxygen atoms in total. The van der Waals surface area contributed by atoms with E-state index in [1.54, 1.807) is 0 Å². The third-order valence-corrected chi connectivity index (χ3v) is 7.61. The molecule has 0 aliphatic carbocycles. The van der Waals surface area contributed by atoms with E-state index in [1.807, 2.05) is 0 Å². The summed E-state index contributed by atoms with van der Waals surface area (Å²) in [6.07, 6.45) is 7.14. The molecule has 2 fully saturated rings. The number of terminal acetylenes is 1. The van der Waals surface area contributed by atoms with Gasteiger partial charge >= 0.3 is 0 Å². The van der Waals surface area contributed by atoms with Crippen LogP contribution in [0.1, 0.15) is 31.4 Å².